The molecule has 0 saturated heterocycles. The molecule has 3 atom stereocenters. The maximum atomic E-state index is 13.2. The fourth-order valence-corrected chi connectivity index (χ4v) is 3.62. The molecule has 1 aliphatic rings. The second-order valence-corrected chi connectivity index (χ2v) is 7.96. The molecule has 1 N–H and O–H groups in total. The summed E-state index contributed by atoms with van der Waals surface area (Å²) in [5.74, 6) is -0.222. The van der Waals surface area contributed by atoms with Crippen molar-refractivity contribution in [1.82, 2.24) is 9.80 Å². The maximum Gasteiger partial charge on any atom is 0.257 e. The van der Waals surface area contributed by atoms with Crippen LogP contribution in [0.2, 0.25) is 0 Å². The molecule has 9 heteroatoms. The molecule has 1 aromatic rings. The van der Waals surface area contributed by atoms with Crippen molar-refractivity contribution in [2.24, 2.45) is 5.92 Å². The summed E-state index contributed by atoms with van der Waals surface area (Å²) in [6.07, 6.45) is -0.253. The van der Waals surface area contributed by atoms with Crippen LogP contribution in [0.5, 0.6) is 5.75 Å². The zero-order valence-electron chi connectivity index (χ0n) is 19.1. The van der Waals surface area contributed by atoms with Crippen LogP contribution in [0.25, 0.3) is 0 Å². The summed E-state index contributed by atoms with van der Waals surface area (Å²) in [5.41, 5.74) is 0.788. The van der Waals surface area contributed by atoms with E-state index in [1.165, 1.54) is 14.0 Å². The molecule has 172 valence electrons. The Morgan fingerprint density at radius 1 is 1.23 bits per heavy atom. The summed E-state index contributed by atoms with van der Waals surface area (Å²) in [6, 6.07) is 4.71. The van der Waals surface area contributed by atoms with Crippen LogP contribution in [0.3, 0.4) is 0 Å². The normalized spacial score (nSPS) is 22.6. The van der Waals surface area contributed by atoms with Gasteiger partial charge in [-0.15, -0.1) is 0 Å². The van der Waals surface area contributed by atoms with Gasteiger partial charge in [0.15, 0.2) is 0 Å². The van der Waals surface area contributed by atoms with Crippen LogP contribution in [0.4, 0.5) is 5.69 Å². The zero-order valence-corrected chi connectivity index (χ0v) is 19.1. The van der Waals surface area contributed by atoms with Crippen LogP contribution in [0.15, 0.2) is 18.2 Å². The molecule has 0 bridgehead atoms. The van der Waals surface area contributed by atoms with Gasteiger partial charge >= 0.3 is 0 Å². The first-order valence-electron chi connectivity index (χ1n) is 10.3. The van der Waals surface area contributed by atoms with E-state index >= 15 is 0 Å². The molecule has 0 aliphatic carbocycles. The Hall–Kier alpha value is -2.65. The Balaban J connectivity index is 2.42. The second kappa shape index (κ2) is 11.1. The van der Waals surface area contributed by atoms with Crippen molar-refractivity contribution < 1.29 is 28.6 Å². The van der Waals surface area contributed by atoms with Gasteiger partial charge in [-0.25, -0.2) is 0 Å². The molecule has 1 heterocycles. The lowest BCUT2D eigenvalue weighted by Crippen LogP contribution is -2.48. The van der Waals surface area contributed by atoms with Gasteiger partial charge in [-0.1, -0.05) is 6.92 Å². The maximum absolute atomic E-state index is 13.2. The number of carbonyl (C=O) groups is 3. The number of nitrogens with one attached hydrogen (secondary N) is 1. The minimum Gasteiger partial charge on any atom is -0.491 e. The summed E-state index contributed by atoms with van der Waals surface area (Å²) in [4.78, 5) is 40.7. The number of amides is 3. The highest BCUT2D eigenvalue weighted by Crippen LogP contribution is 2.26. The Labute approximate surface area is 183 Å². The number of nitrogens with zero attached hydrogens (tertiary/aromatic N) is 2. The van der Waals surface area contributed by atoms with Crippen LogP contribution in [0, 0.1) is 5.92 Å². The van der Waals surface area contributed by atoms with Crippen LogP contribution in [0.1, 0.15) is 31.1 Å². The molecule has 1 aromatic carbocycles. The molecular formula is C22H33N3O6. The molecule has 0 aromatic heterocycles. The molecule has 0 spiro atoms. The summed E-state index contributed by atoms with van der Waals surface area (Å²) in [7, 11) is 4.73. The van der Waals surface area contributed by atoms with Crippen LogP contribution in [-0.2, 0) is 19.1 Å². The topological polar surface area (TPSA) is 97.4 Å². The molecule has 1 aliphatic heterocycles. The predicted octanol–water partition coefficient (Wildman–Crippen LogP) is 1.62. The van der Waals surface area contributed by atoms with Crippen molar-refractivity contribution in [3.63, 3.8) is 0 Å². The van der Waals surface area contributed by atoms with E-state index < -0.39 is 0 Å². The molecular weight excluding hydrogens is 402 g/mol. The quantitative estimate of drug-likeness (QED) is 0.772. The summed E-state index contributed by atoms with van der Waals surface area (Å²) in [5, 5.41) is 2.70. The van der Waals surface area contributed by atoms with E-state index in [1.807, 2.05) is 13.8 Å². The van der Waals surface area contributed by atoms with Gasteiger partial charge in [0, 0.05) is 52.9 Å². The standard InChI is InChI=1S/C22H33N3O6/c1-14-10-25(16(3)26)15(2)12-31-19-8-7-17(23-21(27)13-29-5)9-18(19)22(28)24(4)11-20(14)30-6/h7-9,14-15,20H,10-13H2,1-6H3,(H,23,27)/t14-,15+,20+/m0/s1. The molecule has 9 nitrogen and oxygen atoms in total. The second-order valence-electron chi connectivity index (χ2n) is 7.96. The lowest BCUT2D eigenvalue weighted by Gasteiger charge is -2.35. The number of methoxy groups -OCH3 is 2. The van der Waals surface area contributed by atoms with E-state index in [4.69, 9.17) is 14.2 Å². The van der Waals surface area contributed by atoms with Crippen molar-refractivity contribution in [3.8, 4) is 5.75 Å². The number of hydrogen-bond donors (Lipinski definition) is 1. The van der Waals surface area contributed by atoms with Crippen molar-refractivity contribution in [2.45, 2.75) is 32.9 Å². The van der Waals surface area contributed by atoms with Gasteiger partial charge in [0.2, 0.25) is 11.8 Å². The Bertz CT molecular complexity index is 799. The Morgan fingerprint density at radius 2 is 1.94 bits per heavy atom. The highest BCUT2D eigenvalue weighted by Gasteiger charge is 2.29. The molecule has 2 rings (SSSR count). The van der Waals surface area contributed by atoms with Crippen molar-refractivity contribution >= 4 is 23.4 Å². The van der Waals surface area contributed by atoms with E-state index in [9.17, 15) is 14.4 Å². The largest absolute Gasteiger partial charge is 0.491 e. The minimum absolute atomic E-state index is 0.00478. The molecule has 0 fully saturated rings. The molecule has 0 radical (unpaired) electrons. The third-order valence-electron chi connectivity index (χ3n) is 5.41. The number of rotatable bonds is 4. The number of fused-ring (bicyclic) bond motifs is 1. The third-order valence-corrected chi connectivity index (χ3v) is 5.41. The fraction of sp³-hybridized carbons (Fsp3) is 0.591. The number of anilines is 1. The van der Waals surface area contributed by atoms with Gasteiger partial charge in [0.1, 0.15) is 19.0 Å². The molecule has 31 heavy (non-hydrogen) atoms. The summed E-state index contributed by atoms with van der Waals surface area (Å²) >= 11 is 0. The van der Waals surface area contributed by atoms with Gasteiger partial charge in [0.05, 0.1) is 17.7 Å². The van der Waals surface area contributed by atoms with E-state index in [-0.39, 0.29) is 49.0 Å². The van der Waals surface area contributed by atoms with Crippen molar-refractivity contribution in [3.05, 3.63) is 23.8 Å². The summed E-state index contributed by atoms with van der Waals surface area (Å²) < 4.78 is 16.4. The summed E-state index contributed by atoms with van der Waals surface area (Å²) in [6.45, 7) is 6.42. The zero-order chi connectivity index (χ0) is 23.1. The van der Waals surface area contributed by atoms with Crippen LogP contribution >= 0.6 is 0 Å². The number of benzene rings is 1. The van der Waals surface area contributed by atoms with Gasteiger partial charge in [-0.3, -0.25) is 14.4 Å². The van der Waals surface area contributed by atoms with Gasteiger partial charge in [-0.2, -0.15) is 0 Å². The van der Waals surface area contributed by atoms with Gasteiger partial charge in [0.25, 0.3) is 5.91 Å². The monoisotopic (exact) mass is 435 g/mol. The average Bonchev–Trinajstić information content (AvgIpc) is 2.72. The van der Waals surface area contributed by atoms with Crippen LogP contribution in [-0.4, -0.2) is 87.2 Å². The Kier molecular flexibility index (Phi) is 8.82. The first-order valence-corrected chi connectivity index (χ1v) is 10.3. The SMILES string of the molecule is COCC(=O)Nc1ccc2c(c1)C(=O)N(C)C[C@@H](OC)[C@@H](C)CN(C(C)=O)[C@H](C)CO2. The minimum atomic E-state index is -0.323. The van der Waals surface area contributed by atoms with Crippen LogP contribution < -0.4 is 10.1 Å². The average molecular weight is 436 g/mol. The van der Waals surface area contributed by atoms with E-state index in [0.717, 1.165) is 0 Å². The number of carbonyl (C=O) groups excluding carboxylic acids is 3. The molecule has 3 amide bonds. The first kappa shape index (κ1) is 24.6. The van der Waals surface area contributed by atoms with E-state index in [1.54, 1.807) is 42.2 Å². The third kappa shape index (κ3) is 6.41. The van der Waals surface area contributed by atoms with Gasteiger partial charge in [-0.05, 0) is 25.1 Å². The number of hydrogen-bond acceptors (Lipinski definition) is 6. The molecule has 0 unspecified atom stereocenters. The highest BCUT2D eigenvalue weighted by atomic mass is 16.5. The molecule has 0 saturated carbocycles. The first-order chi connectivity index (χ1) is 14.7. The smallest absolute Gasteiger partial charge is 0.257 e. The van der Waals surface area contributed by atoms with Gasteiger partial charge < -0.3 is 29.3 Å². The van der Waals surface area contributed by atoms with E-state index in [2.05, 4.69) is 5.32 Å². The fourth-order valence-electron chi connectivity index (χ4n) is 3.62. The number of ether oxygens (including phenoxy) is 3. The lowest BCUT2D eigenvalue weighted by atomic mass is 10.0. The number of likely N-dealkylation sites (N-methyl/N-ethyl adjacent to an activating group) is 1. The predicted molar refractivity (Wildman–Crippen MR) is 116 cm³/mol. The lowest BCUT2D eigenvalue weighted by molar-refractivity contribution is -0.133. The van der Waals surface area contributed by atoms with Crippen molar-refractivity contribution in [1.29, 1.82) is 0 Å². The van der Waals surface area contributed by atoms with E-state index in [0.29, 0.717) is 30.1 Å². The van der Waals surface area contributed by atoms with Crippen molar-refractivity contribution in [2.75, 3.05) is 52.9 Å². The highest BCUT2D eigenvalue weighted by molar-refractivity contribution is 5.99. The Morgan fingerprint density at radius 3 is 2.55 bits per heavy atom.